The molecule has 96 valence electrons. The van der Waals surface area contributed by atoms with Crippen molar-refractivity contribution in [1.82, 2.24) is 4.98 Å². The molecule has 0 radical (unpaired) electrons. The van der Waals surface area contributed by atoms with Gasteiger partial charge in [-0.2, -0.15) is 0 Å². The van der Waals surface area contributed by atoms with Gasteiger partial charge in [-0.15, -0.1) is 11.3 Å². The molecule has 18 heavy (non-hydrogen) atoms. The minimum Gasteiger partial charge on any atom is -0.244 e. The Morgan fingerprint density at radius 2 is 1.78 bits per heavy atom. The van der Waals surface area contributed by atoms with Crippen LogP contribution in [0.15, 0.2) is 35.2 Å². The van der Waals surface area contributed by atoms with Gasteiger partial charge in [-0.1, -0.05) is 18.2 Å². The minimum absolute atomic E-state index is 0.276. The average molecular weight is 282 g/mol. The van der Waals surface area contributed by atoms with Gasteiger partial charge in [0.25, 0.3) is 10.0 Å². The number of thiazole rings is 1. The number of aromatic nitrogens is 1. The molecule has 1 heterocycles. The Labute approximate surface area is 111 Å². The molecule has 0 unspecified atom stereocenters. The lowest BCUT2D eigenvalue weighted by molar-refractivity contribution is 0.594. The maximum atomic E-state index is 12.3. The van der Waals surface area contributed by atoms with E-state index < -0.39 is 10.0 Å². The fraction of sp³-hybridized carbons (Fsp3) is 0.250. The summed E-state index contributed by atoms with van der Waals surface area (Å²) in [5.41, 5.74) is 0.866. The second kappa shape index (κ2) is 4.70. The van der Waals surface area contributed by atoms with Crippen LogP contribution >= 0.6 is 11.3 Å². The van der Waals surface area contributed by atoms with E-state index in [1.165, 1.54) is 22.7 Å². The van der Waals surface area contributed by atoms with Crippen molar-refractivity contribution < 1.29 is 8.42 Å². The number of hydrogen-bond acceptors (Lipinski definition) is 4. The monoisotopic (exact) mass is 282 g/mol. The van der Waals surface area contributed by atoms with E-state index in [0.717, 1.165) is 10.6 Å². The smallest absolute Gasteiger partial charge is 0.244 e. The van der Waals surface area contributed by atoms with E-state index in [9.17, 15) is 8.42 Å². The van der Waals surface area contributed by atoms with Gasteiger partial charge in [0.1, 0.15) is 0 Å². The normalized spacial score (nSPS) is 11.5. The molecule has 0 aliphatic rings. The summed E-state index contributed by atoms with van der Waals surface area (Å²) in [5, 5.41) is 0.494. The number of hydrogen-bond donors (Lipinski definition) is 0. The van der Waals surface area contributed by atoms with Gasteiger partial charge in [0.05, 0.1) is 10.6 Å². The summed E-state index contributed by atoms with van der Waals surface area (Å²) in [6.45, 7) is 3.80. The summed E-state index contributed by atoms with van der Waals surface area (Å²) in [6, 6.07) is 8.37. The Kier molecular flexibility index (Phi) is 3.41. The molecule has 2 rings (SSSR count). The summed E-state index contributed by atoms with van der Waals surface area (Å²) < 4.78 is 25.9. The third-order valence-corrected chi connectivity index (χ3v) is 5.72. The zero-order valence-corrected chi connectivity index (χ0v) is 12.0. The van der Waals surface area contributed by atoms with Crippen LogP contribution < -0.4 is 4.31 Å². The molecule has 1 aromatic heterocycles. The number of sulfonamides is 1. The molecule has 0 saturated carbocycles. The van der Waals surface area contributed by atoms with Crippen molar-refractivity contribution in [3.63, 3.8) is 0 Å². The quantitative estimate of drug-likeness (QED) is 0.869. The molecule has 0 aliphatic heterocycles. The first-order chi connectivity index (χ1) is 8.43. The highest BCUT2D eigenvalue weighted by Gasteiger charge is 2.23. The molecule has 0 atom stereocenters. The largest absolute Gasteiger partial charge is 0.265 e. The van der Waals surface area contributed by atoms with Crippen LogP contribution in [0, 0.1) is 13.8 Å². The molecular formula is C12H14N2O2S2. The minimum atomic E-state index is -3.51. The van der Waals surface area contributed by atoms with Crippen LogP contribution in [0.1, 0.15) is 10.6 Å². The van der Waals surface area contributed by atoms with Crippen molar-refractivity contribution in [3.8, 4) is 0 Å². The molecule has 2 aromatic rings. The zero-order valence-electron chi connectivity index (χ0n) is 10.4. The average Bonchev–Trinajstić information content (AvgIpc) is 2.69. The highest BCUT2D eigenvalue weighted by Crippen LogP contribution is 2.28. The first kappa shape index (κ1) is 13.0. The van der Waals surface area contributed by atoms with E-state index in [-0.39, 0.29) is 4.90 Å². The van der Waals surface area contributed by atoms with E-state index in [2.05, 4.69) is 4.98 Å². The molecule has 0 aliphatic carbocycles. The molecule has 0 spiro atoms. The van der Waals surface area contributed by atoms with Gasteiger partial charge >= 0.3 is 0 Å². The molecule has 4 nitrogen and oxygen atoms in total. The van der Waals surface area contributed by atoms with Crippen LogP contribution in [-0.2, 0) is 10.0 Å². The molecule has 0 amide bonds. The second-order valence-electron chi connectivity index (χ2n) is 3.92. The number of anilines is 1. The highest BCUT2D eigenvalue weighted by molar-refractivity contribution is 7.93. The number of nitrogens with zero attached hydrogens (tertiary/aromatic N) is 2. The predicted molar refractivity (Wildman–Crippen MR) is 73.6 cm³/mol. The molecule has 1 aromatic carbocycles. The molecule has 0 fully saturated rings. The van der Waals surface area contributed by atoms with Crippen molar-refractivity contribution in [3.05, 3.63) is 40.9 Å². The Balaban J connectivity index is 2.42. The first-order valence-electron chi connectivity index (χ1n) is 5.41. The lowest BCUT2D eigenvalue weighted by atomic mass is 10.4. The van der Waals surface area contributed by atoms with E-state index >= 15 is 0 Å². The van der Waals surface area contributed by atoms with Gasteiger partial charge < -0.3 is 0 Å². The van der Waals surface area contributed by atoms with Crippen molar-refractivity contribution >= 4 is 26.5 Å². The molecular weight excluding hydrogens is 268 g/mol. The number of aryl methyl sites for hydroxylation is 2. The third kappa shape index (κ3) is 2.26. The third-order valence-electron chi connectivity index (χ3n) is 2.69. The molecule has 0 bridgehead atoms. The van der Waals surface area contributed by atoms with Crippen molar-refractivity contribution in [2.24, 2.45) is 0 Å². The maximum Gasteiger partial charge on any atom is 0.265 e. The van der Waals surface area contributed by atoms with Crippen LogP contribution in [0.4, 0.5) is 5.13 Å². The lowest BCUT2D eigenvalue weighted by Gasteiger charge is -2.15. The Bertz CT molecular complexity index is 628. The summed E-state index contributed by atoms with van der Waals surface area (Å²) in [4.78, 5) is 5.57. The molecule has 6 heteroatoms. The van der Waals surface area contributed by atoms with Crippen LogP contribution in [0.2, 0.25) is 0 Å². The topological polar surface area (TPSA) is 50.3 Å². The molecule has 0 N–H and O–H groups in total. The van der Waals surface area contributed by atoms with Crippen molar-refractivity contribution in [2.45, 2.75) is 18.7 Å². The van der Waals surface area contributed by atoms with E-state index in [0.29, 0.717) is 5.13 Å². The van der Waals surface area contributed by atoms with E-state index in [1.807, 2.05) is 13.8 Å². The van der Waals surface area contributed by atoms with Crippen LogP contribution in [-0.4, -0.2) is 20.4 Å². The second-order valence-corrected chi connectivity index (χ2v) is 7.07. The number of benzene rings is 1. The van der Waals surface area contributed by atoms with Crippen molar-refractivity contribution in [2.75, 3.05) is 11.4 Å². The highest BCUT2D eigenvalue weighted by atomic mass is 32.2. The molecule has 0 saturated heterocycles. The van der Waals surface area contributed by atoms with E-state index in [1.54, 1.807) is 30.3 Å². The Morgan fingerprint density at radius 3 is 2.28 bits per heavy atom. The predicted octanol–water partition coefficient (Wildman–Crippen LogP) is 2.59. The van der Waals surface area contributed by atoms with Gasteiger partial charge in [0, 0.05) is 11.9 Å². The van der Waals surface area contributed by atoms with Crippen molar-refractivity contribution in [1.29, 1.82) is 0 Å². The van der Waals surface area contributed by atoms with Gasteiger partial charge in [-0.05, 0) is 26.0 Å². The zero-order chi connectivity index (χ0) is 13.3. The summed E-state index contributed by atoms with van der Waals surface area (Å²) >= 11 is 1.38. The summed E-state index contributed by atoms with van der Waals surface area (Å²) in [5.74, 6) is 0. The van der Waals surface area contributed by atoms with Gasteiger partial charge in [0.2, 0.25) is 0 Å². The Morgan fingerprint density at radius 1 is 1.17 bits per heavy atom. The van der Waals surface area contributed by atoms with Crippen LogP contribution in [0.3, 0.4) is 0 Å². The standard InChI is InChI=1S/C12H14N2O2S2/c1-9-10(2)17-12(13-9)14(3)18(15,16)11-7-5-4-6-8-11/h4-8H,1-3H3. The summed E-state index contributed by atoms with van der Waals surface area (Å²) in [6.07, 6.45) is 0. The van der Waals surface area contributed by atoms with Crippen LogP contribution in [0.5, 0.6) is 0 Å². The SMILES string of the molecule is Cc1nc(N(C)S(=O)(=O)c2ccccc2)sc1C. The Hall–Kier alpha value is -1.40. The first-order valence-corrected chi connectivity index (χ1v) is 7.66. The lowest BCUT2D eigenvalue weighted by Crippen LogP contribution is -2.26. The van der Waals surface area contributed by atoms with Gasteiger partial charge in [0.15, 0.2) is 5.13 Å². The van der Waals surface area contributed by atoms with E-state index in [4.69, 9.17) is 0 Å². The van der Waals surface area contributed by atoms with Gasteiger partial charge in [-0.25, -0.2) is 17.7 Å². The van der Waals surface area contributed by atoms with Crippen LogP contribution in [0.25, 0.3) is 0 Å². The fourth-order valence-electron chi connectivity index (χ4n) is 1.44. The maximum absolute atomic E-state index is 12.3. The fourth-order valence-corrected chi connectivity index (χ4v) is 3.69. The number of rotatable bonds is 3. The van der Waals surface area contributed by atoms with Gasteiger partial charge in [-0.3, -0.25) is 0 Å². The summed E-state index contributed by atoms with van der Waals surface area (Å²) in [7, 11) is -1.99.